The Morgan fingerprint density at radius 1 is 0.409 bits per heavy atom. The molecule has 0 saturated heterocycles. The third-order valence-electron chi connectivity index (χ3n) is 2.67. The third-order valence-corrected chi connectivity index (χ3v) is 2.67. The molecule has 6 heteroatoms. The van der Waals surface area contributed by atoms with Crippen LogP contribution in [0.25, 0.3) is 0 Å². The predicted octanol–water partition coefficient (Wildman–Crippen LogP) is 0.587. The van der Waals surface area contributed by atoms with Crippen LogP contribution in [-0.4, -0.2) is 0 Å². The van der Waals surface area contributed by atoms with E-state index in [1.807, 2.05) is 0 Å². The maximum Gasteiger partial charge on any atom is 0 e. The number of allylic oxidation sites excluding steroid dienone is 8. The van der Waals surface area contributed by atoms with Crippen LogP contribution in [0.1, 0.15) is 51.4 Å². The van der Waals surface area contributed by atoms with Gasteiger partial charge in [-0.1, -0.05) is 48.6 Å². The molecule has 0 spiro atoms. The van der Waals surface area contributed by atoms with Gasteiger partial charge in [-0.3, -0.25) is 0 Å². The van der Waals surface area contributed by atoms with Gasteiger partial charge in [0.05, 0.1) is 0 Å². The molecule has 0 heterocycles. The van der Waals surface area contributed by atoms with E-state index in [-0.39, 0.29) is 19.5 Å². The Morgan fingerprint density at radius 3 is 0.591 bits per heavy atom. The first-order valence-corrected chi connectivity index (χ1v) is 8.45. The van der Waals surface area contributed by atoms with Crippen molar-refractivity contribution in [2.45, 2.75) is 51.4 Å². The third kappa shape index (κ3) is 28.0. The average Bonchev–Trinajstić information content (AvgIpc) is 2.24. The van der Waals surface area contributed by atoms with E-state index in [1.165, 1.54) is 51.4 Å². The monoisotopic (exact) mass is 418 g/mol. The molecule has 1 radical (unpaired) electrons. The summed E-state index contributed by atoms with van der Waals surface area (Å²) < 4.78 is 34.0. The van der Waals surface area contributed by atoms with Crippen molar-refractivity contribution in [1.82, 2.24) is 0 Å². The summed E-state index contributed by atoms with van der Waals surface area (Å²) in [5.74, 6) is 0. The van der Waals surface area contributed by atoms with E-state index in [0.717, 1.165) is 0 Å². The summed E-state index contributed by atoms with van der Waals surface area (Å²) in [5, 5.41) is 0. The van der Waals surface area contributed by atoms with E-state index in [0.29, 0.717) is 0 Å². The first-order chi connectivity index (χ1) is 10.0. The second-order valence-corrected chi connectivity index (χ2v) is 5.33. The molecule has 0 bridgehead atoms. The molecule has 0 aromatic rings. The van der Waals surface area contributed by atoms with E-state index in [2.05, 4.69) is 48.6 Å². The standard InChI is InChI=1S/2C8H12.ClHO4.Rh/c2*1-2-4-6-8-7-5-3-1;2-1(3,4)5;/h2*1-2,7-8H,3-6H2;(H,2,3,4,5);/p-1/b2*2-1-,8-7-;;. The molecular weight excluding hydrogens is 395 g/mol. The number of halogens is 1. The SMILES string of the molecule is C1=C\CC/C=C\CC/1.C1=C\CC/C=C\CC/1.[O-][Cl+3]([O-])([O-])[O-].[Rh]. The summed E-state index contributed by atoms with van der Waals surface area (Å²) in [6.45, 7) is 0. The van der Waals surface area contributed by atoms with Crippen molar-refractivity contribution in [2.24, 2.45) is 0 Å². The van der Waals surface area contributed by atoms with Gasteiger partial charge in [-0.05, 0) is 51.4 Å². The maximum atomic E-state index is 8.49. The Labute approximate surface area is 148 Å². The van der Waals surface area contributed by atoms with Crippen LogP contribution in [0.15, 0.2) is 48.6 Å². The second kappa shape index (κ2) is 17.1. The Hall–Kier alpha value is -0.287. The second-order valence-electron chi connectivity index (χ2n) is 4.57. The first kappa shape index (κ1) is 24.0. The first-order valence-electron chi connectivity index (χ1n) is 7.22. The Bertz CT molecular complexity index is 261. The Morgan fingerprint density at radius 2 is 0.500 bits per heavy atom. The van der Waals surface area contributed by atoms with Crippen molar-refractivity contribution in [1.29, 1.82) is 0 Å². The zero-order valence-corrected chi connectivity index (χ0v) is 15.0. The smallest absolute Gasteiger partial charge is 0 e. The van der Waals surface area contributed by atoms with Crippen LogP contribution >= 0.6 is 0 Å². The van der Waals surface area contributed by atoms with Gasteiger partial charge in [-0.25, -0.2) is 18.6 Å². The fourth-order valence-electron chi connectivity index (χ4n) is 1.71. The zero-order chi connectivity index (χ0) is 15.8. The van der Waals surface area contributed by atoms with Crippen molar-refractivity contribution in [3.8, 4) is 0 Å². The normalized spacial score (nSPS) is 23.1. The minimum Gasteiger partial charge on any atom is -0.222 e. The number of hydrogen-bond donors (Lipinski definition) is 0. The number of hydrogen-bond acceptors (Lipinski definition) is 4. The molecule has 0 amide bonds. The van der Waals surface area contributed by atoms with Crippen molar-refractivity contribution >= 4 is 0 Å². The maximum absolute atomic E-state index is 8.49. The average molecular weight is 419 g/mol. The van der Waals surface area contributed by atoms with E-state index >= 15 is 0 Å². The molecule has 0 fully saturated rings. The summed E-state index contributed by atoms with van der Waals surface area (Å²) in [6, 6.07) is 0. The largest absolute Gasteiger partial charge is 0.222 e. The number of rotatable bonds is 0. The molecular formula is C16H24ClO4Rh-. The molecule has 0 N–H and O–H groups in total. The van der Waals surface area contributed by atoms with E-state index in [4.69, 9.17) is 18.6 Å². The van der Waals surface area contributed by atoms with Crippen molar-refractivity contribution in [2.75, 3.05) is 0 Å². The molecule has 2 aliphatic rings. The summed E-state index contributed by atoms with van der Waals surface area (Å²) in [5.41, 5.74) is 0. The molecule has 0 aliphatic heterocycles. The van der Waals surface area contributed by atoms with E-state index in [9.17, 15) is 0 Å². The molecule has 0 saturated carbocycles. The van der Waals surface area contributed by atoms with Gasteiger partial charge >= 0.3 is 0 Å². The topological polar surface area (TPSA) is 92.2 Å². The van der Waals surface area contributed by atoms with Gasteiger partial charge in [0.1, 0.15) is 0 Å². The van der Waals surface area contributed by atoms with Gasteiger partial charge in [-0.15, -0.1) is 10.2 Å². The molecule has 22 heavy (non-hydrogen) atoms. The van der Waals surface area contributed by atoms with Crippen LogP contribution in [0.3, 0.4) is 0 Å². The minimum atomic E-state index is -4.94. The molecule has 0 unspecified atom stereocenters. The quantitative estimate of drug-likeness (QED) is 0.425. The Kier molecular flexibility index (Phi) is 18.6. The van der Waals surface area contributed by atoms with Crippen LogP contribution in [0.5, 0.6) is 0 Å². The fraction of sp³-hybridized carbons (Fsp3) is 0.500. The van der Waals surface area contributed by atoms with E-state index in [1.54, 1.807) is 0 Å². The van der Waals surface area contributed by atoms with Crippen LogP contribution in [-0.2, 0) is 19.5 Å². The molecule has 0 aromatic carbocycles. The van der Waals surface area contributed by atoms with Gasteiger partial charge < -0.3 is 0 Å². The van der Waals surface area contributed by atoms with E-state index < -0.39 is 10.2 Å². The van der Waals surface area contributed by atoms with Crippen LogP contribution < -0.4 is 18.6 Å². The Balaban J connectivity index is 0. The zero-order valence-electron chi connectivity index (χ0n) is 12.6. The summed E-state index contributed by atoms with van der Waals surface area (Å²) >= 11 is 0. The molecule has 0 atom stereocenters. The van der Waals surface area contributed by atoms with Crippen LogP contribution in [0.2, 0.25) is 0 Å². The van der Waals surface area contributed by atoms with Crippen molar-refractivity contribution < 1.29 is 48.4 Å². The molecule has 2 rings (SSSR count). The summed E-state index contributed by atoms with van der Waals surface area (Å²) in [6.07, 6.45) is 28.0. The van der Waals surface area contributed by atoms with Crippen LogP contribution in [0.4, 0.5) is 0 Å². The summed E-state index contributed by atoms with van der Waals surface area (Å²) in [7, 11) is -4.94. The summed E-state index contributed by atoms with van der Waals surface area (Å²) in [4.78, 5) is 0. The van der Waals surface area contributed by atoms with Gasteiger partial charge in [0, 0.05) is 19.5 Å². The van der Waals surface area contributed by atoms with Gasteiger partial charge in [0.15, 0.2) is 0 Å². The molecule has 129 valence electrons. The molecule has 2 aliphatic carbocycles. The minimum absolute atomic E-state index is 0. The predicted molar refractivity (Wildman–Crippen MR) is 73.5 cm³/mol. The van der Waals surface area contributed by atoms with Gasteiger partial charge in [-0.2, -0.15) is 0 Å². The van der Waals surface area contributed by atoms with Gasteiger partial charge in [0.2, 0.25) is 0 Å². The molecule has 0 aromatic heterocycles. The molecule has 4 nitrogen and oxygen atoms in total. The van der Waals surface area contributed by atoms with Crippen LogP contribution in [0, 0.1) is 10.2 Å². The fourth-order valence-corrected chi connectivity index (χ4v) is 1.71. The van der Waals surface area contributed by atoms with Crippen molar-refractivity contribution in [3.63, 3.8) is 0 Å². The van der Waals surface area contributed by atoms with Crippen molar-refractivity contribution in [3.05, 3.63) is 48.6 Å². The van der Waals surface area contributed by atoms with Gasteiger partial charge in [0.25, 0.3) is 0 Å².